The first-order chi connectivity index (χ1) is 34.9. The molecule has 2 N–H and O–H groups in total. The average Bonchev–Trinajstić information content (AvgIpc) is 4.05. The molecule has 5 saturated heterocycles. The van der Waals surface area contributed by atoms with Crippen LogP contribution in [0.4, 0.5) is 17.3 Å². The van der Waals surface area contributed by atoms with Gasteiger partial charge in [0.25, 0.3) is 0 Å². The normalized spacial score (nSPS) is 27.1. The fourth-order valence-corrected chi connectivity index (χ4v) is 13.6. The number of nitrogens with one attached hydrogen (secondary N) is 2. The lowest BCUT2D eigenvalue weighted by Gasteiger charge is -2.48. The number of hydrogen-bond acceptors (Lipinski definition) is 11. The second kappa shape index (κ2) is 18.9. The van der Waals surface area contributed by atoms with Gasteiger partial charge in [-0.15, -0.1) is 0 Å². The van der Waals surface area contributed by atoms with Crippen LogP contribution in [-0.4, -0.2) is 134 Å². The number of anilines is 3. The van der Waals surface area contributed by atoms with Crippen LogP contribution in [0.15, 0.2) is 48.9 Å². The standard InChI is InChI=1S/C56H71N11O5/c1-34(2)66-33-58-46-31-45(60-51(50(46)66)59-40-9-10-40)37-7-12-44-47(28-37)67(42-29-41(30-42)62-20-5-4-6-21-62)55(72)56(44)18-25-64(26-19-56)53(70)38-17-24-65(35(3)27-38)54(71)36-15-22-63(23-16-36)48-13-8-39(32-57-48)43-11-14-49(68)61-52(43)69/h7-8,12-13,28,31-36,38,40-43H,4-6,9-11,14-27,29-30H2,1-3H3,(H,59,60)(H,61,68,69)/t35-,38-,41-,42+,43?/m1/s1. The monoisotopic (exact) mass is 978 g/mol. The smallest absolute Gasteiger partial charge is 0.238 e. The summed E-state index contributed by atoms with van der Waals surface area (Å²) < 4.78 is 2.20. The number of aromatic nitrogens is 4. The highest BCUT2D eigenvalue weighted by Crippen LogP contribution is 2.52. The average molecular weight is 978 g/mol. The molecule has 1 unspecified atom stereocenters. The Hall–Kier alpha value is -5.90. The molecule has 7 fully saturated rings. The van der Waals surface area contributed by atoms with E-state index in [9.17, 15) is 19.2 Å². The number of benzene rings is 1. The van der Waals surface area contributed by atoms with Crippen molar-refractivity contribution in [2.75, 3.05) is 60.9 Å². The van der Waals surface area contributed by atoms with E-state index < -0.39 is 5.41 Å². The van der Waals surface area contributed by atoms with E-state index in [-0.39, 0.29) is 65.4 Å². The number of nitrogens with zero attached hydrogens (tertiary/aromatic N) is 9. The van der Waals surface area contributed by atoms with Crippen LogP contribution in [0.25, 0.3) is 22.3 Å². The van der Waals surface area contributed by atoms with Crippen LogP contribution < -0.4 is 20.4 Å². The minimum Gasteiger partial charge on any atom is -0.366 e. The minimum atomic E-state index is -0.680. The van der Waals surface area contributed by atoms with Gasteiger partial charge >= 0.3 is 0 Å². The number of rotatable bonds is 10. The van der Waals surface area contributed by atoms with E-state index in [4.69, 9.17) is 9.97 Å². The number of hydrogen-bond donors (Lipinski definition) is 2. The maximum atomic E-state index is 15.3. The summed E-state index contributed by atoms with van der Waals surface area (Å²) in [5, 5.41) is 6.14. The Morgan fingerprint density at radius 1 is 0.792 bits per heavy atom. The van der Waals surface area contributed by atoms with E-state index in [2.05, 4.69) is 79.9 Å². The summed E-state index contributed by atoms with van der Waals surface area (Å²) in [7, 11) is 0. The van der Waals surface area contributed by atoms with E-state index in [1.807, 2.05) is 28.3 Å². The molecule has 1 aromatic carbocycles. The van der Waals surface area contributed by atoms with Gasteiger partial charge in [0.2, 0.25) is 29.5 Å². The Morgan fingerprint density at radius 2 is 1.56 bits per heavy atom. The molecule has 3 atom stereocenters. The van der Waals surface area contributed by atoms with Gasteiger partial charge in [0.05, 0.1) is 28.9 Å². The van der Waals surface area contributed by atoms with Crippen molar-refractivity contribution in [3.05, 3.63) is 60.0 Å². The molecule has 380 valence electrons. The molecule has 16 heteroatoms. The second-order valence-electron chi connectivity index (χ2n) is 22.9. The molecule has 9 heterocycles. The highest BCUT2D eigenvalue weighted by molar-refractivity contribution is 6.09. The molecule has 0 bridgehead atoms. The van der Waals surface area contributed by atoms with Gasteiger partial charge in [-0.1, -0.05) is 24.6 Å². The van der Waals surface area contributed by atoms with Crippen molar-refractivity contribution in [3.63, 3.8) is 0 Å². The van der Waals surface area contributed by atoms with Crippen molar-refractivity contribution in [3.8, 4) is 11.3 Å². The van der Waals surface area contributed by atoms with E-state index in [1.54, 1.807) is 6.20 Å². The van der Waals surface area contributed by atoms with E-state index in [0.717, 1.165) is 102 Å². The van der Waals surface area contributed by atoms with E-state index in [0.29, 0.717) is 83.3 Å². The topological polar surface area (TPSA) is 169 Å². The van der Waals surface area contributed by atoms with E-state index >= 15 is 4.79 Å². The molecule has 2 saturated carbocycles. The summed E-state index contributed by atoms with van der Waals surface area (Å²) in [4.78, 5) is 93.6. The molecule has 5 amide bonds. The predicted molar refractivity (Wildman–Crippen MR) is 275 cm³/mol. The number of piperidine rings is 5. The minimum absolute atomic E-state index is 0.0418. The van der Waals surface area contributed by atoms with Gasteiger partial charge in [0.1, 0.15) is 11.3 Å². The molecule has 6 aliphatic heterocycles. The molecule has 4 aromatic rings. The van der Waals surface area contributed by atoms with Crippen molar-refractivity contribution in [1.29, 1.82) is 0 Å². The Morgan fingerprint density at radius 3 is 2.25 bits per heavy atom. The maximum Gasteiger partial charge on any atom is 0.238 e. The van der Waals surface area contributed by atoms with Crippen molar-refractivity contribution in [2.45, 2.75) is 159 Å². The number of carbonyl (C=O) groups is 5. The van der Waals surface area contributed by atoms with Crippen LogP contribution in [0, 0.1) is 11.8 Å². The number of carbonyl (C=O) groups excluding carboxylic acids is 5. The molecule has 0 radical (unpaired) electrons. The summed E-state index contributed by atoms with van der Waals surface area (Å²) in [5.41, 5.74) is 6.03. The number of imidazole rings is 1. The number of amides is 5. The summed E-state index contributed by atoms with van der Waals surface area (Å²) in [6.07, 6.45) is 16.5. The summed E-state index contributed by atoms with van der Waals surface area (Å²) in [6, 6.07) is 13.8. The van der Waals surface area contributed by atoms with Gasteiger partial charge in [0, 0.05) is 98.6 Å². The van der Waals surface area contributed by atoms with Crippen molar-refractivity contribution >= 4 is 57.9 Å². The molecular weight excluding hydrogens is 907 g/mol. The van der Waals surface area contributed by atoms with Crippen molar-refractivity contribution in [2.24, 2.45) is 11.8 Å². The molecule has 12 rings (SSSR count). The van der Waals surface area contributed by atoms with Gasteiger partial charge in [-0.3, -0.25) is 29.3 Å². The van der Waals surface area contributed by atoms with Crippen LogP contribution >= 0.6 is 0 Å². The third-order valence-corrected chi connectivity index (χ3v) is 18.1. The largest absolute Gasteiger partial charge is 0.366 e. The van der Waals surface area contributed by atoms with Crippen molar-refractivity contribution < 1.29 is 24.0 Å². The summed E-state index contributed by atoms with van der Waals surface area (Å²) in [5.74, 6) is 1.15. The molecule has 16 nitrogen and oxygen atoms in total. The van der Waals surface area contributed by atoms with Crippen LogP contribution in [-0.2, 0) is 29.4 Å². The van der Waals surface area contributed by atoms with Crippen LogP contribution in [0.3, 0.4) is 0 Å². The fourth-order valence-electron chi connectivity index (χ4n) is 13.6. The third-order valence-electron chi connectivity index (χ3n) is 18.1. The van der Waals surface area contributed by atoms with Crippen molar-refractivity contribution in [1.82, 2.24) is 39.5 Å². The van der Waals surface area contributed by atoms with Gasteiger partial charge in [-0.05, 0) is 147 Å². The Labute approximate surface area is 422 Å². The Bertz CT molecular complexity index is 2760. The van der Waals surface area contributed by atoms with E-state index in [1.165, 1.54) is 19.3 Å². The van der Waals surface area contributed by atoms with Crippen LogP contribution in [0.5, 0.6) is 0 Å². The van der Waals surface area contributed by atoms with Crippen LogP contribution in [0.1, 0.15) is 140 Å². The number of likely N-dealkylation sites (tertiary alicyclic amines) is 3. The first-order valence-corrected chi connectivity index (χ1v) is 27.4. The Balaban J connectivity index is 0.704. The van der Waals surface area contributed by atoms with Gasteiger partial charge in [-0.25, -0.2) is 15.0 Å². The lowest BCUT2D eigenvalue weighted by atomic mass is 9.73. The Kier molecular flexibility index (Phi) is 12.3. The zero-order valence-electron chi connectivity index (χ0n) is 42.4. The quantitative estimate of drug-likeness (QED) is 0.158. The van der Waals surface area contributed by atoms with Gasteiger partial charge in [0.15, 0.2) is 5.82 Å². The highest BCUT2D eigenvalue weighted by atomic mass is 16.2. The number of imide groups is 1. The SMILES string of the molecule is CC(C)n1cnc2cc(-c3ccc4c(c3)N([C@H]3C[C@@H](N5CCCCC5)C3)C(=O)C43CCN(C(=O)[C@@H]4CCN(C(=O)C5CCN(c6ccc(C7CCC(=O)NC7=O)cn6)CC5)[C@H](C)C4)CC3)nc(NC3CC3)c21. The molecule has 3 aromatic heterocycles. The second-order valence-corrected chi connectivity index (χ2v) is 22.9. The molecule has 72 heavy (non-hydrogen) atoms. The maximum absolute atomic E-state index is 15.3. The summed E-state index contributed by atoms with van der Waals surface area (Å²) >= 11 is 0. The molecule has 1 spiro atoms. The fraction of sp³-hybridized carbons (Fsp3) is 0.607. The van der Waals surface area contributed by atoms with Crippen LogP contribution in [0.2, 0.25) is 0 Å². The number of fused-ring (bicyclic) bond motifs is 3. The highest BCUT2D eigenvalue weighted by Gasteiger charge is 2.56. The molecule has 8 aliphatic rings. The van der Waals surface area contributed by atoms with Gasteiger partial charge in [-0.2, -0.15) is 0 Å². The lowest BCUT2D eigenvalue weighted by molar-refractivity contribution is -0.146. The number of pyridine rings is 2. The molecular formula is C56H71N11O5. The lowest BCUT2D eigenvalue weighted by Crippen LogP contribution is -2.58. The zero-order valence-corrected chi connectivity index (χ0v) is 42.4. The third kappa shape index (κ3) is 8.52. The predicted octanol–water partition coefficient (Wildman–Crippen LogP) is 6.94. The zero-order chi connectivity index (χ0) is 49.4. The first kappa shape index (κ1) is 47.1. The first-order valence-electron chi connectivity index (χ1n) is 27.4. The molecule has 2 aliphatic carbocycles. The summed E-state index contributed by atoms with van der Waals surface area (Å²) in [6.45, 7) is 11.8. The van der Waals surface area contributed by atoms with Gasteiger partial charge < -0.3 is 34.4 Å².